The van der Waals surface area contributed by atoms with Crippen LogP contribution in [0.3, 0.4) is 0 Å². The lowest BCUT2D eigenvalue weighted by molar-refractivity contribution is 0.0424. The fourth-order valence-corrected chi connectivity index (χ4v) is 4.84. The van der Waals surface area contributed by atoms with Crippen LogP contribution in [0.25, 0.3) is 11.0 Å². The van der Waals surface area contributed by atoms with E-state index in [-0.39, 0.29) is 5.91 Å². The molecule has 1 aromatic heterocycles. The van der Waals surface area contributed by atoms with E-state index in [0.29, 0.717) is 6.04 Å². The molecular formula is C25H30N4O. The lowest BCUT2D eigenvalue weighted by Crippen LogP contribution is -2.53. The summed E-state index contributed by atoms with van der Waals surface area (Å²) in [5, 5.41) is 0. The zero-order valence-corrected chi connectivity index (χ0v) is 17.7. The number of aromatic nitrogens is 2. The summed E-state index contributed by atoms with van der Waals surface area (Å²) in [6.07, 6.45) is 8.21. The van der Waals surface area contributed by atoms with Crippen LogP contribution in [-0.4, -0.2) is 57.5 Å². The number of para-hydroxylation sites is 2. The quantitative estimate of drug-likeness (QED) is 0.643. The van der Waals surface area contributed by atoms with Crippen LogP contribution >= 0.6 is 0 Å². The lowest BCUT2D eigenvalue weighted by atomic mass is 9.89. The maximum Gasteiger partial charge on any atom is 0.253 e. The first kappa shape index (κ1) is 19.3. The number of carbonyl (C=O) groups excluding carboxylic acids is 1. The van der Waals surface area contributed by atoms with Gasteiger partial charge in [-0.15, -0.1) is 0 Å². The van der Waals surface area contributed by atoms with E-state index >= 15 is 0 Å². The fraction of sp³-hybridized carbons (Fsp3) is 0.440. The fourth-order valence-electron chi connectivity index (χ4n) is 4.84. The maximum atomic E-state index is 13.1. The van der Waals surface area contributed by atoms with Gasteiger partial charge in [0.25, 0.3) is 5.91 Å². The number of amides is 1. The number of hydrogen-bond acceptors (Lipinski definition) is 3. The molecule has 3 aromatic rings. The van der Waals surface area contributed by atoms with Crippen LogP contribution < -0.4 is 0 Å². The average Bonchev–Trinajstić information content (AvgIpc) is 3.15. The number of imidazole rings is 1. The lowest BCUT2D eigenvalue weighted by Gasteiger charge is -2.44. The number of piperidine rings is 1. The van der Waals surface area contributed by atoms with E-state index in [1.54, 1.807) is 0 Å². The van der Waals surface area contributed by atoms with Gasteiger partial charge in [0, 0.05) is 37.8 Å². The minimum atomic E-state index is 0.134. The second kappa shape index (κ2) is 8.23. The Labute approximate surface area is 178 Å². The Hall–Kier alpha value is -2.66. The summed E-state index contributed by atoms with van der Waals surface area (Å²) in [6.45, 7) is 2.98. The largest absolute Gasteiger partial charge is 0.337 e. The van der Waals surface area contributed by atoms with Gasteiger partial charge in [-0.05, 0) is 62.1 Å². The second-order valence-corrected chi connectivity index (χ2v) is 8.85. The van der Waals surface area contributed by atoms with Crippen molar-refractivity contribution in [2.45, 2.75) is 50.7 Å². The van der Waals surface area contributed by atoms with Crippen molar-refractivity contribution in [3.63, 3.8) is 0 Å². The third-order valence-corrected chi connectivity index (χ3v) is 6.97. The smallest absolute Gasteiger partial charge is 0.253 e. The van der Waals surface area contributed by atoms with Crippen LogP contribution in [0, 0.1) is 0 Å². The summed E-state index contributed by atoms with van der Waals surface area (Å²) in [5.74, 6) is 0.134. The highest BCUT2D eigenvalue weighted by atomic mass is 16.2. The normalized spacial score (nSPS) is 20.2. The van der Waals surface area contributed by atoms with Gasteiger partial charge < -0.3 is 9.47 Å². The van der Waals surface area contributed by atoms with Crippen molar-refractivity contribution in [3.8, 4) is 0 Å². The molecule has 1 atom stereocenters. The highest BCUT2D eigenvalue weighted by molar-refractivity contribution is 5.94. The number of likely N-dealkylation sites (N-methyl/N-ethyl adjacent to an activating group) is 1. The Kier molecular flexibility index (Phi) is 5.30. The van der Waals surface area contributed by atoms with Crippen molar-refractivity contribution < 1.29 is 4.79 Å². The van der Waals surface area contributed by atoms with Crippen LogP contribution in [0.1, 0.15) is 48.0 Å². The molecule has 2 fully saturated rings. The molecule has 1 aliphatic carbocycles. The number of hydrogen-bond donors (Lipinski definition) is 0. The summed E-state index contributed by atoms with van der Waals surface area (Å²) >= 11 is 0. The molecule has 2 aromatic carbocycles. The van der Waals surface area contributed by atoms with Gasteiger partial charge >= 0.3 is 0 Å². The third-order valence-electron chi connectivity index (χ3n) is 6.97. The first-order chi connectivity index (χ1) is 14.7. The van der Waals surface area contributed by atoms with Gasteiger partial charge in [0.2, 0.25) is 0 Å². The first-order valence-electron chi connectivity index (χ1n) is 11.2. The molecule has 5 rings (SSSR count). The van der Waals surface area contributed by atoms with Crippen LogP contribution in [0.15, 0.2) is 54.9 Å². The molecule has 1 saturated carbocycles. The molecule has 2 heterocycles. The molecule has 0 N–H and O–H groups in total. The number of carbonyl (C=O) groups is 1. The molecule has 5 nitrogen and oxygen atoms in total. The van der Waals surface area contributed by atoms with Crippen molar-refractivity contribution in [1.29, 1.82) is 0 Å². The number of fused-ring (bicyclic) bond motifs is 1. The molecule has 30 heavy (non-hydrogen) atoms. The first-order valence-corrected chi connectivity index (χ1v) is 11.2. The Balaban J connectivity index is 1.25. The monoisotopic (exact) mass is 402 g/mol. The highest BCUT2D eigenvalue weighted by Crippen LogP contribution is 2.28. The van der Waals surface area contributed by atoms with Crippen LogP contribution in [-0.2, 0) is 6.54 Å². The Morgan fingerprint density at radius 1 is 1.07 bits per heavy atom. The SMILES string of the molecule is CN(C(=O)c1ccc(Cn2cnc3ccccc32)cc1)C1CCCN(C2CCC2)C1. The zero-order valence-electron chi connectivity index (χ0n) is 17.7. The van der Waals surface area contributed by atoms with Gasteiger partial charge in [-0.25, -0.2) is 4.98 Å². The minimum absolute atomic E-state index is 0.134. The second-order valence-electron chi connectivity index (χ2n) is 8.85. The molecule has 1 saturated heterocycles. The number of rotatable bonds is 5. The number of nitrogens with zero attached hydrogens (tertiary/aromatic N) is 4. The Bertz CT molecular complexity index is 1020. The summed E-state index contributed by atoms with van der Waals surface area (Å²) in [6, 6.07) is 17.3. The molecule has 0 bridgehead atoms. The Morgan fingerprint density at radius 2 is 1.87 bits per heavy atom. The summed E-state index contributed by atoms with van der Waals surface area (Å²) in [7, 11) is 1.98. The minimum Gasteiger partial charge on any atom is -0.337 e. The van der Waals surface area contributed by atoms with Crippen molar-refractivity contribution in [1.82, 2.24) is 19.4 Å². The van der Waals surface area contributed by atoms with Gasteiger partial charge in [-0.1, -0.05) is 30.7 Å². The standard InChI is InChI=1S/C25H30N4O/c1-27(22-8-5-15-28(17-22)21-6-4-7-21)25(30)20-13-11-19(12-14-20)16-29-18-26-23-9-2-3-10-24(23)29/h2-3,9-14,18,21-22H,4-8,15-17H2,1H3. The maximum absolute atomic E-state index is 13.1. The molecule has 1 amide bonds. The predicted octanol–water partition coefficient (Wildman–Crippen LogP) is 4.17. The predicted molar refractivity (Wildman–Crippen MR) is 120 cm³/mol. The third kappa shape index (κ3) is 3.74. The van der Waals surface area contributed by atoms with E-state index in [2.05, 4.69) is 32.7 Å². The molecular weight excluding hydrogens is 372 g/mol. The van der Waals surface area contributed by atoms with Crippen molar-refractivity contribution in [3.05, 3.63) is 66.0 Å². The number of likely N-dealkylation sites (tertiary alicyclic amines) is 1. The van der Waals surface area contributed by atoms with Gasteiger partial charge in [0.05, 0.1) is 17.4 Å². The summed E-state index contributed by atoms with van der Waals surface area (Å²) in [5.41, 5.74) is 4.09. The summed E-state index contributed by atoms with van der Waals surface area (Å²) < 4.78 is 2.15. The van der Waals surface area contributed by atoms with E-state index in [1.807, 2.05) is 48.6 Å². The number of benzene rings is 2. The van der Waals surface area contributed by atoms with E-state index in [4.69, 9.17) is 0 Å². The molecule has 0 radical (unpaired) electrons. The van der Waals surface area contributed by atoms with Gasteiger partial charge in [0.15, 0.2) is 0 Å². The van der Waals surface area contributed by atoms with E-state index in [9.17, 15) is 4.79 Å². The van der Waals surface area contributed by atoms with Crippen molar-refractivity contribution >= 4 is 16.9 Å². The molecule has 2 aliphatic rings. The summed E-state index contributed by atoms with van der Waals surface area (Å²) in [4.78, 5) is 22.1. The molecule has 156 valence electrons. The van der Waals surface area contributed by atoms with Gasteiger partial charge in [-0.2, -0.15) is 0 Å². The van der Waals surface area contributed by atoms with Crippen LogP contribution in [0.4, 0.5) is 0 Å². The van der Waals surface area contributed by atoms with Crippen LogP contribution in [0.5, 0.6) is 0 Å². The molecule has 1 aliphatic heterocycles. The Morgan fingerprint density at radius 3 is 2.63 bits per heavy atom. The van der Waals surface area contributed by atoms with Gasteiger partial charge in [0.1, 0.15) is 0 Å². The van der Waals surface area contributed by atoms with E-state index in [1.165, 1.54) is 37.8 Å². The highest BCUT2D eigenvalue weighted by Gasteiger charge is 2.32. The molecule has 0 spiro atoms. The zero-order chi connectivity index (χ0) is 20.5. The van der Waals surface area contributed by atoms with E-state index in [0.717, 1.165) is 42.1 Å². The molecule has 5 heteroatoms. The topological polar surface area (TPSA) is 41.4 Å². The van der Waals surface area contributed by atoms with Gasteiger partial charge in [-0.3, -0.25) is 9.69 Å². The van der Waals surface area contributed by atoms with E-state index < -0.39 is 0 Å². The molecule has 1 unspecified atom stereocenters. The average molecular weight is 403 g/mol. The van der Waals surface area contributed by atoms with Crippen molar-refractivity contribution in [2.75, 3.05) is 20.1 Å². The van der Waals surface area contributed by atoms with Crippen molar-refractivity contribution in [2.24, 2.45) is 0 Å². The van der Waals surface area contributed by atoms with Crippen LogP contribution in [0.2, 0.25) is 0 Å².